The highest BCUT2D eigenvalue weighted by atomic mass is 79.9. The van der Waals surface area contributed by atoms with Crippen LogP contribution in [0.15, 0.2) is 47.1 Å². The van der Waals surface area contributed by atoms with Gasteiger partial charge in [0, 0.05) is 10.7 Å². The van der Waals surface area contributed by atoms with Crippen molar-refractivity contribution in [3.8, 4) is 0 Å². The van der Waals surface area contributed by atoms with E-state index in [2.05, 4.69) is 20.9 Å². The van der Waals surface area contributed by atoms with Gasteiger partial charge in [-0.15, -0.1) is 0 Å². The Morgan fingerprint density at radius 1 is 1.18 bits per heavy atom. The van der Waals surface area contributed by atoms with E-state index in [-0.39, 0.29) is 0 Å². The Hall–Kier alpha value is -1.19. The predicted molar refractivity (Wildman–Crippen MR) is 71.8 cm³/mol. The monoisotopic (exact) mass is 291 g/mol. The molecule has 1 heterocycles. The van der Waals surface area contributed by atoms with Gasteiger partial charge in [-0.05, 0) is 43.2 Å². The lowest BCUT2D eigenvalue weighted by Gasteiger charge is -2.25. The van der Waals surface area contributed by atoms with Crippen LogP contribution in [0.1, 0.15) is 23.7 Å². The SMILES string of the molecule is Cc1c(Br)cccc1C(C)(O)c1ccccn1. The van der Waals surface area contributed by atoms with E-state index in [1.807, 2.05) is 43.3 Å². The summed E-state index contributed by atoms with van der Waals surface area (Å²) in [7, 11) is 0. The van der Waals surface area contributed by atoms with Crippen molar-refractivity contribution < 1.29 is 5.11 Å². The van der Waals surface area contributed by atoms with Gasteiger partial charge in [-0.3, -0.25) is 4.98 Å². The smallest absolute Gasteiger partial charge is 0.129 e. The van der Waals surface area contributed by atoms with Crippen LogP contribution in [0.5, 0.6) is 0 Å². The van der Waals surface area contributed by atoms with Crippen LogP contribution in [0.3, 0.4) is 0 Å². The highest BCUT2D eigenvalue weighted by Crippen LogP contribution is 2.32. The summed E-state index contributed by atoms with van der Waals surface area (Å²) >= 11 is 3.48. The average molecular weight is 292 g/mol. The Balaban J connectivity index is 2.56. The van der Waals surface area contributed by atoms with Crippen molar-refractivity contribution in [3.05, 3.63) is 63.9 Å². The Bertz CT molecular complexity index is 523. The molecular weight excluding hydrogens is 278 g/mol. The largest absolute Gasteiger partial charge is 0.379 e. The molecule has 0 radical (unpaired) electrons. The van der Waals surface area contributed by atoms with E-state index in [1.165, 1.54) is 0 Å². The predicted octanol–water partition coefficient (Wildman–Crippen LogP) is 3.41. The van der Waals surface area contributed by atoms with Gasteiger partial charge in [0.25, 0.3) is 0 Å². The van der Waals surface area contributed by atoms with Crippen LogP contribution < -0.4 is 0 Å². The summed E-state index contributed by atoms with van der Waals surface area (Å²) in [5.74, 6) is 0. The maximum Gasteiger partial charge on any atom is 0.129 e. The first-order valence-electron chi connectivity index (χ1n) is 5.43. The van der Waals surface area contributed by atoms with Crippen LogP contribution in [0.4, 0.5) is 0 Å². The van der Waals surface area contributed by atoms with Gasteiger partial charge in [-0.2, -0.15) is 0 Å². The second kappa shape index (κ2) is 4.59. The highest BCUT2D eigenvalue weighted by Gasteiger charge is 2.28. The lowest BCUT2D eigenvalue weighted by atomic mass is 9.89. The highest BCUT2D eigenvalue weighted by molar-refractivity contribution is 9.10. The number of hydrogen-bond donors (Lipinski definition) is 1. The fourth-order valence-corrected chi connectivity index (χ4v) is 2.29. The van der Waals surface area contributed by atoms with Crippen molar-refractivity contribution >= 4 is 15.9 Å². The Morgan fingerprint density at radius 3 is 2.59 bits per heavy atom. The number of aliphatic hydroxyl groups is 1. The van der Waals surface area contributed by atoms with Crippen molar-refractivity contribution in [1.82, 2.24) is 4.98 Å². The molecule has 2 nitrogen and oxygen atoms in total. The van der Waals surface area contributed by atoms with Crippen LogP contribution in [0, 0.1) is 6.92 Å². The minimum Gasteiger partial charge on any atom is -0.379 e. The van der Waals surface area contributed by atoms with Gasteiger partial charge in [-0.25, -0.2) is 0 Å². The Kier molecular flexibility index (Phi) is 3.31. The molecule has 0 aliphatic carbocycles. The molecule has 1 N–H and O–H groups in total. The minimum absolute atomic E-state index is 0.654. The summed E-state index contributed by atoms with van der Waals surface area (Å²) in [5, 5.41) is 10.7. The van der Waals surface area contributed by atoms with Crippen molar-refractivity contribution in [2.75, 3.05) is 0 Å². The molecule has 2 rings (SSSR count). The molecule has 0 fully saturated rings. The topological polar surface area (TPSA) is 33.1 Å². The van der Waals surface area contributed by atoms with Crippen LogP contribution in [-0.2, 0) is 5.60 Å². The summed E-state index contributed by atoms with van der Waals surface area (Å²) in [6.45, 7) is 3.75. The van der Waals surface area contributed by atoms with Gasteiger partial charge in [-0.1, -0.05) is 34.1 Å². The van der Waals surface area contributed by atoms with Gasteiger partial charge < -0.3 is 5.11 Å². The van der Waals surface area contributed by atoms with E-state index in [1.54, 1.807) is 13.1 Å². The molecule has 0 saturated carbocycles. The number of pyridine rings is 1. The van der Waals surface area contributed by atoms with Crippen LogP contribution in [-0.4, -0.2) is 10.1 Å². The summed E-state index contributed by atoms with van der Waals surface area (Å²) in [5.41, 5.74) is 1.48. The van der Waals surface area contributed by atoms with Gasteiger partial charge in [0.2, 0.25) is 0 Å². The van der Waals surface area contributed by atoms with E-state index in [0.29, 0.717) is 5.69 Å². The summed E-state index contributed by atoms with van der Waals surface area (Å²) in [6, 6.07) is 11.4. The molecule has 1 aromatic heterocycles. The van der Waals surface area contributed by atoms with E-state index >= 15 is 0 Å². The first-order chi connectivity index (χ1) is 8.03. The maximum absolute atomic E-state index is 10.7. The second-order valence-electron chi connectivity index (χ2n) is 4.20. The summed E-state index contributed by atoms with van der Waals surface area (Å²) in [6.07, 6.45) is 1.69. The zero-order chi connectivity index (χ0) is 12.5. The number of halogens is 1. The van der Waals surface area contributed by atoms with Crippen LogP contribution >= 0.6 is 15.9 Å². The zero-order valence-corrected chi connectivity index (χ0v) is 11.4. The Labute approximate surface area is 109 Å². The molecular formula is C14H14BrNO. The molecule has 1 unspecified atom stereocenters. The van der Waals surface area contributed by atoms with Crippen molar-refractivity contribution in [1.29, 1.82) is 0 Å². The second-order valence-corrected chi connectivity index (χ2v) is 5.05. The molecule has 0 aliphatic heterocycles. The van der Waals surface area contributed by atoms with E-state index < -0.39 is 5.60 Å². The number of nitrogens with zero attached hydrogens (tertiary/aromatic N) is 1. The molecule has 0 saturated heterocycles. The van der Waals surface area contributed by atoms with Gasteiger partial charge >= 0.3 is 0 Å². The van der Waals surface area contributed by atoms with E-state index in [0.717, 1.165) is 15.6 Å². The molecule has 17 heavy (non-hydrogen) atoms. The van der Waals surface area contributed by atoms with Gasteiger partial charge in [0.05, 0.1) is 5.69 Å². The number of hydrogen-bond acceptors (Lipinski definition) is 2. The number of rotatable bonds is 2. The van der Waals surface area contributed by atoms with Crippen molar-refractivity contribution in [2.24, 2.45) is 0 Å². The maximum atomic E-state index is 10.7. The van der Waals surface area contributed by atoms with E-state index in [9.17, 15) is 5.11 Å². The van der Waals surface area contributed by atoms with Gasteiger partial charge in [0.1, 0.15) is 5.60 Å². The third kappa shape index (κ3) is 2.26. The first-order valence-corrected chi connectivity index (χ1v) is 6.22. The third-order valence-electron chi connectivity index (χ3n) is 2.96. The van der Waals surface area contributed by atoms with Crippen LogP contribution in [0.2, 0.25) is 0 Å². The minimum atomic E-state index is -1.07. The zero-order valence-electron chi connectivity index (χ0n) is 9.81. The third-order valence-corrected chi connectivity index (χ3v) is 3.81. The van der Waals surface area contributed by atoms with Crippen molar-refractivity contribution in [3.63, 3.8) is 0 Å². The summed E-state index contributed by atoms with van der Waals surface area (Å²) < 4.78 is 0.992. The molecule has 0 bridgehead atoms. The number of aromatic nitrogens is 1. The molecule has 0 amide bonds. The molecule has 1 atom stereocenters. The average Bonchev–Trinajstić information content (AvgIpc) is 2.33. The lowest BCUT2D eigenvalue weighted by molar-refractivity contribution is 0.0966. The molecule has 88 valence electrons. The normalized spacial score (nSPS) is 14.4. The lowest BCUT2D eigenvalue weighted by Crippen LogP contribution is -2.25. The standard InChI is InChI=1S/C14H14BrNO/c1-10-11(6-5-7-12(10)15)14(2,17)13-8-3-4-9-16-13/h3-9,17H,1-2H3. The molecule has 0 spiro atoms. The molecule has 0 aliphatic rings. The Morgan fingerprint density at radius 2 is 1.94 bits per heavy atom. The molecule has 2 aromatic rings. The number of benzene rings is 1. The molecule has 1 aromatic carbocycles. The van der Waals surface area contributed by atoms with Gasteiger partial charge in [0.15, 0.2) is 0 Å². The quantitative estimate of drug-likeness (QED) is 0.920. The van der Waals surface area contributed by atoms with Crippen LogP contribution in [0.25, 0.3) is 0 Å². The first kappa shape index (κ1) is 12.3. The fraction of sp³-hybridized carbons (Fsp3) is 0.214. The molecule has 3 heteroatoms. The fourth-order valence-electron chi connectivity index (χ4n) is 1.92. The summed E-state index contributed by atoms with van der Waals surface area (Å²) in [4.78, 5) is 4.23. The van der Waals surface area contributed by atoms with E-state index in [4.69, 9.17) is 0 Å². The van der Waals surface area contributed by atoms with Crippen molar-refractivity contribution in [2.45, 2.75) is 19.4 Å².